The van der Waals surface area contributed by atoms with Crippen LogP contribution in [0.5, 0.6) is 23.5 Å². The summed E-state index contributed by atoms with van der Waals surface area (Å²) in [6, 6.07) is 23.6. The third-order valence-corrected chi connectivity index (χ3v) is 4.17. The molecule has 5 aromatic heterocycles. The summed E-state index contributed by atoms with van der Waals surface area (Å²) in [7, 11) is 0. The molecule has 0 aliphatic rings. The molecule has 0 fully saturated rings. The fourth-order valence-electron chi connectivity index (χ4n) is 1.87. The van der Waals surface area contributed by atoms with E-state index in [1.165, 1.54) is 24.3 Å². The van der Waals surface area contributed by atoms with Crippen LogP contribution in [0.1, 0.15) is 0 Å². The van der Waals surface area contributed by atoms with Gasteiger partial charge in [0.25, 0.3) is 0 Å². The molecule has 9 nitrogen and oxygen atoms in total. The van der Waals surface area contributed by atoms with Crippen LogP contribution in [0.15, 0.2) is 103 Å². The molecule has 40 heavy (non-hydrogen) atoms. The maximum atomic E-state index is 10.3. The maximum absolute atomic E-state index is 10.3. The second kappa shape index (κ2) is 24.2. The minimum atomic E-state index is -0.294. The Balaban J connectivity index is 0. The molecule has 0 bridgehead atoms. The van der Waals surface area contributed by atoms with Crippen molar-refractivity contribution in [1.29, 1.82) is 0 Å². The van der Waals surface area contributed by atoms with E-state index in [9.17, 15) is 20.4 Å². The Labute approximate surface area is 276 Å². The van der Waals surface area contributed by atoms with Gasteiger partial charge >= 0.3 is 39.0 Å². The Morgan fingerprint density at radius 2 is 0.625 bits per heavy atom. The molecular formula is C25H17Cl4N5O4Ru2. The van der Waals surface area contributed by atoms with Crippen LogP contribution < -0.4 is 20.4 Å². The van der Waals surface area contributed by atoms with Crippen LogP contribution >= 0.6 is 46.4 Å². The minimum Gasteiger partial charge on any atom is -0.859 e. The van der Waals surface area contributed by atoms with Gasteiger partial charge in [0, 0.05) is 12.4 Å². The fraction of sp³-hybridized carbons (Fsp3) is 0. The summed E-state index contributed by atoms with van der Waals surface area (Å²) in [5, 5.41) is 42.2. The van der Waals surface area contributed by atoms with Crippen molar-refractivity contribution in [2.24, 2.45) is 0 Å². The third-order valence-electron chi connectivity index (χ3n) is 3.32. The van der Waals surface area contributed by atoms with Crippen LogP contribution in [0.3, 0.4) is 0 Å². The Bertz CT molecular complexity index is 1080. The summed E-state index contributed by atoms with van der Waals surface area (Å²) in [5.74, 6) is -1.18. The molecule has 0 N–H and O–H groups in total. The smallest absolute Gasteiger partial charge is 0.859 e. The van der Waals surface area contributed by atoms with Gasteiger partial charge in [-0.3, -0.25) is 24.9 Å². The van der Waals surface area contributed by atoms with E-state index < -0.39 is 0 Å². The van der Waals surface area contributed by atoms with Gasteiger partial charge in [-0.2, -0.15) is 0 Å². The number of hydrogen-bond acceptors (Lipinski definition) is 9. The largest absolute Gasteiger partial charge is 2.00 e. The van der Waals surface area contributed by atoms with Crippen molar-refractivity contribution >= 4 is 46.4 Å². The number of hydrogen-bond donors (Lipinski definition) is 0. The molecule has 210 valence electrons. The monoisotopic (exact) mass is 795 g/mol. The Hall–Kier alpha value is -2.64. The van der Waals surface area contributed by atoms with Crippen LogP contribution in [0.2, 0.25) is 20.6 Å². The van der Waals surface area contributed by atoms with Crippen molar-refractivity contribution in [2.75, 3.05) is 0 Å². The van der Waals surface area contributed by atoms with Gasteiger partial charge in [-0.1, -0.05) is 101 Å². The average Bonchev–Trinajstić information content (AvgIpc) is 2.86. The molecule has 15 heteroatoms. The van der Waals surface area contributed by atoms with Gasteiger partial charge in [0.05, 0.1) is 0 Å². The maximum Gasteiger partial charge on any atom is 2.00 e. The molecule has 0 aromatic carbocycles. The van der Waals surface area contributed by atoms with Crippen LogP contribution in [0.25, 0.3) is 0 Å². The van der Waals surface area contributed by atoms with Gasteiger partial charge in [0.2, 0.25) is 0 Å². The fourth-order valence-corrected chi connectivity index (χ4v) is 2.50. The summed E-state index contributed by atoms with van der Waals surface area (Å²) >= 11 is 21.3. The zero-order valence-electron chi connectivity index (χ0n) is 19.9. The van der Waals surface area contributed by atoms with E-state index in [0.29, 0.717) is 0 Å². The van der Waals surface area contributed by atoms with E-state index >= 15 is 0 Å². The second-order valence-corrected chi connectivity index (χ2v) is 7.77. The van der Waals surface area contributed by atoms with E-state index in [-0.39, 0.29) is 83.1 Å². The van der Waals surface area contributed by atoms with Crippen LogP contribution in [0, 0.1) is 0 Å². The molecule has 0 aliphatic heterocycles. The number of rotatable bonds is 0. The Kier molecular flexibility index (Phi) is 23.9. The number of pyridine rings is 5. The van der Waals surface area contributed by atoms with Crippen molar-refractivity contribution in [3.63, 3.8) is 0 Å². The van der Waals surface area contributed by atoms with Crippen molar-refractivity contribution in [1.82, 2.24) is 24.9 Å². The molecule has 0 unspecified atom stereocenters. The van der Waals surface area contributed by atoms with Crippen molar-refractivity contribution in [2.45, 2.75) is 0 Å². The first-order valence-corrected chi connectivity index (χ1v) is 11.7. The van der Waals surface area contributed by atoms with Crippen LogP contribution in [-0.4, -0.2) is 24.9 Å². The van der Waals surface area contributed by atoms with Crippen molar-refractivity contribution < 1.29 is 59.4 Å². The normalized spacial score (nSPS) is 8.50. The van der Waals surface area contributed by atoms with Gasteiger partial charge in [-0.15, -0.1) is 0 Å². The first-order chi connectivity index (χ1) is 18.2. The molecule has 0 saturated heterocycles. The SMILES string of the molecule is [O-]c1cccc(Cl)n1.[O-]c1cccc(Cl)n1.[O-]c1cccc(Cl)n1.[O-]c1cccc(Cl)n1.[Ru+2].[Ru+2].c1ccncc1. The number of halogens is 4. The summed E-state index contributed by atoms with van der Waals surface area (Å²) in [6.45, 7) is 0. The zero-order valence-corrected chi connectivity index (χ0v) is 26.4. The molecular weight excluding hydrogens is 778 g/mol. The van der Waals surface area contributed by atoms with E-state index in [0.717, 1.165) is 0 Å². The molecule has 5 rings (SSSR count). The third kappa shape index (κ3) is 22.2. The summed E-state index contributed by atoms with van der Waals surface area (Å²) in [4.78, 5) is 17.3. The molecule has 5 aromatic rings. The standard InChI is InChI=1S/4C5H4ClNO.C5H5N.2Ru/c4*6-4-2-1-3-5(8)7-4;1-2-4-6-5-3-1;;/h4*1-3H,(H,7,8);1-5H;;/q;;;;;2*+2/p-4. The van der Waals surface area contributed by atoms with E-state index in [1.54, 1.807) is 60.9 Å². The first-order valence-electron chi connectivity index (χ1n) is 10.2. The Morgan fingerprint density at radius 3 is 0.725 bits per heavy atom. The van der Waals surface area contributed by atoms with Crippen molar-refractivity contribution in [3.05, 3.63) is 124 Å². The molecule has 0 saturated carbocycles. The van der Waals surface area contributed by atoms with E-state index in [1.807, 2.05) is 18.2 Å². The molecule has 0 amide bonds. The first kappa shape index (κ1) is 39.5. The molecule has 5 heterocycles. The zero-order chi connectivity index (χ0) is 28.2. The number of nitrogens with zero attached hydrogens (tertiary/aromatic N) is 5. The molecule has 0 atom stereocenters. The minimum absolute atomic E-state index is 0. The summed E-state index contributed by atoms with van der Waals surface area (Å²) in [6.07, 6.45) is 3.50. The van der Waals surface area contributed by atoms with Gasteiger partial charge in [-0.25, -0.2) is 0 Å². The van der Waals surface area contributed by atoms with Gasteiger partial charge in [-0.05, 0) is 59.9 Å². The predicted octanol–water partition coefficient (Wildman–Crippen LogP) is 4.31. The topological polar surface area (TPSA) is 157 Å². The second-order valence-electron chi connectivity index (χ2n) is 6.22. The predicted molar refractivity (Wildman–Crippen MR) is 139 cm³/mol. The van der Waals surface area contributed by atoms with Gasteiger partial charge < -0.3 is 20.4 Å². The Morgan fingerprint density at radius 1 is 0.375 bits per heavy atom. The van der Waals surface area contributed by atoms with Crippen molar-refractivity contribution in [3.8, 4) is 23.5 Å². The van der Waals surface area contributed by atoms with Gasteiger partial charge in [0.15, 0.2) is 0 Å². The molecule has 0 spiro atoms. The van der Waals surface area contributed by atoms with Crippen LogP contribution in [0.4, 0.5) is 0 Å². The molecule has 0 radical (unpaired) electrons. The molecule has 0 aliphatic carbocycles. The van der Waals surface area contributed by atoms with Gasteiger partial charge in [0.1, 0.15) is 20.6 Å². The summed E-state index contributed by atoms with van der Waals surface area (Å²) < 4.78 is 0. The van der Waals surface area contributed by atoms with E-state index in [2.05, 4.69) is 24.9 Å². The quantitative estimate of drug-likeness (QED) is 0.165. The number of aromatic nitrogens is 5. The van der Waals surface area contributed by atoms with Crippen LogP contribution in [-0.2, 0) is 39.0 Å². The average molecular weight is 795 g/mol. The summed E-state index contributed by atoms with van der Waals surface area (Å²) in [5.41, 5.74) is 0. The van der Waals surface area contributed by atoms with E-state index in [4.69, 9.17) is 46.4 Å².